The number of para-hydroxylation sites is 3. The first-order chi connectivity index (χ1) is 23.5. The van der Waals surface area contributed by atoms with Gasteiger partial charge in [0.1, 0.15) is 0 Å². The molecule has 5 heteroatoms. The topological polar surface area (TPSA) is 44.8 Å². The van der Waals surface area contributed by atoms with E-state index in [2.05, 4.69) is 162 Å². The van der Waals surface area contributed by atoms with Crippen LogP contribution < -0.4 is 4.98 Å². The van der Waals surface area contributed by atoms with Crippen LogP contribution >= 0.6 is 0 Å². The molecular formula is C45H40N4Pt. The third-order valence-electron chi connectivity index (χ3n) is 9.59. The van der Waals surface area contributed by atoms with Gasteiger partial charge in [-0.1, -0.05) is 132 Å². The molecule has 0 unspecified atom stereocenters. The second-order valence-electron chi connectivity index (χ2n) is 15.2. The average Bonchev–Trinajstić information content (AvgIpc) is 3.65. The predicted octanol–water partition coefficient (Wildman–Crippen LogP) is 11.4. The van der Waals surface area contributed by atoms with E-state index in [0.29, 0.717) is 0 Å². The van der Waals surface area contributed by atoms with Crippen molar-refractivity contribution < 1.29 is 21.1 Å². The fourth-order valence-corrected chi connectivity index (χ4v) is 6.80. The summed E-state index contributed by atoms with van der Waals surface area (Å²) < 4.78 is 2.24. The van der Waals surface area contributed by atoms with Crippen LogP contribution in [0.1, 0.15) is 58.4 Å². The zero-order valence-electron chi connectivity index (χ0n) is 29.6. The number of hydrogen-bond donors (Lipinski definition) is 0. The van der Waals surface area contributed by atoms with Gasteiger partial charge < -0.3 is 9.55 Å². The quantitative estimate of drug-likeness (QED) is 0.166. The molecule has 0 fully saturated rings. The third-order valence-corrected chi connectivity index (χ3v) is 9.59. The van der Waals surface area contributed by atoms with Crippen LogP contribution in [0.4, 0.5) is 0 Å². The summed E-state index contributed by atoms with van der Waals surface area (Å²) in [5.74, 6) is 0.860. The summed E-state index contributed by atoms with van der Waals surface area (Å²) in [4.78, 5) is 15.8. The maximum absolute atomic E-state index is 5.44. The Kier molecular flexibility index (Phi) is 8.43. The fraction of sp³-hybridized carbons (Fsp3) is 0.200. The standard InChI is InChI=1S/C45H40N4.Pt/c1-28-35-17-11-12-18-36(35)42(46-28)37-27-33(45(5,6)7)24-29-21-22-38(47-41(29)37)30-23-31(26-32(25-30)44(2,3)4)43-48-39-19-13-14-20-40(39)49(43)34-15-9-8-10-16-34;/h8-22,24-27H,1-7H3;/q-2;+2. The van der Waals surface area contributed by atoms with E-state index in [9.17, 15) is 0 Å². The zero-order chi connectivity index (χ0) is 34.1. The molecule has 5 aromatic carbocycles. The number of aromatic nitrogens is 4. The molecule has 250 valence electrons. The summed E-state index contributed by atoms with van der Waals surface area (Å²) >= 11 is 0. The Morgan fingerprint density at radius 2 is 1.28 bits per heavy atom. The molecular weight excluding hydrogens is 792 g/mol. The van der Waals surface area contributed by atoms with Crippen molar-refractivity contribution in [2.75, 3.05) is 0 Å². The molecule has 0 aliphatic heterocycles. The molecule has 0 radical (unpaired) electrons. The van der Waals surface area contributed by atoms with E-state index in [0.717, 1.165) is 72.6 Å². The van der Waals surface area contributed by atoms with E-state index >= 15 is 0 Å². The van der Waals surface area contributed by atoms with Gasteiger partial charge in [0.25, 0.3) is 0 Å². The molecule has 3 aromatic heterocycles. The van der Waals surface area contributed by atoms with E-state index in [1.807, 2.05) is 12.1 Å². The van der Waals surface area contributed by atoms with Crippen LogP contribution in [0.2, 0.25) is 0 Å². The summed E-state index contributed by atoms with van der Waals surface area (Å²) in [6, 6.07) is 44.5. The number of fused-ring (bicyclic) bond motifs is 3. The van der Waals surface area contributed by atoms with Gasteiger partial charge in [0, 0.05) is 11.4 Å². The number of pyridine rings is 1. The second kappa shape index (κ2) is 12.5. The predicted molar refractivity (Wildman–Crippen MR) is 204 cm³/mol. The van der Waals surface area contributed by atoms with Crippen molar-refractivity contribution in [3.8, 4) is 39.6 Å². The van der Waals surface area contributed by atoms with Crippen molar-refractivity contribution in [2.24, 2.45) is 0 Å². The molecule has 0 amide bonds. The van der Waals surface area contributed by atoms with Gasteiger partial charge in [-0.05, 0) is 68.4 Å². The van der Waals surface area contributed by atoms with Crippen molar-refractivity contribution in [3.63, 3.8) is 0 Å². The van der Waals surface area contributed by atoms with Crippen molar-refractivity contribution in [3.05, 3.63) is 138 Å². The van der Waals surface area contributed by atoms with Crippen LogP contribution in [0.15, 0.2) is 115 Å². The molecule has 0 spiro atoms. The van der Waals surface area contributed by atoms with Crippen molar-refractivity contribution in [1.82, 2.24) is 19.5 Å². The number of hydrogen-bond acceptors (Lipinski definition) is 2. The van der Waals surface area contributed by atoms with Crippen LogP contribution in [-0.2, 0) is 31.9 Å². The number of benzene rings is 5. The van der Waals surface area contributed by atoms with Gasteiger partial charge in [0.05, 0.1) is 22.4 Å². The number of imidazole rings is 1. The Morgan fingerprint density at radius 3 is 2.02 bits per heavy atom. The molecule has 4 nitrogen and oxygen atoms in total. The molecule has 8 rings (SSSR count). The van der Waals surface area contributed by atoms with Gasteiger partial charge in [-0.25, -0.2) is 0 Å². The normalized spacial score (nSPS) is 12.1. The molecule has 8 aromatic rings. The molecule has 50 heavy (non-hydrogen) atoms. The van der Waals surface area contributed by atoms with Crippen molar-refractivity contribution in [2.45, 2.75) is 59.3 Å². The zero-order valence-corrected chi connectivity index (χ0v) is 31.8. The van der Waals surface area contributed by atoms with E-state index in [-0.39, 0.29) is 31.9 Å². The Balaban J connectivity index is 0.00000392. The van der Waals surface area contributed by atoms with Crippen molar-refractivity contribution >= 4 is 32.7 Å². The van der Waals surface area contributed by atoms with Crippen LogP contribution in [0.3, 0.4) is 0 Å². The van der Waals surface area contributed by atoms with Crippen LogP contribution in [0.25, 0.3) is 72.3 Å². The van der Waals surface area contributed by atoms with Gasteiger partial charge in [-0.2, -0.15) is 5.69 Å². The second-order valence-corrected chi connectivity index (χ2v) is 15.2. The van der Waals surface area contributed by atoms with Gasteiger partial charge in [-0.15, -0.1) is 29.5 Å². The molecule has 0 saturated carbocycles. The van der Waals surface area contributed by atoms with Gasteiger partial charge in [0.2, 0.25) is 0 Å². The Bertz CT molecular complexity index is 2520. The summed E-state index contributed by atoms with van der Waals surface area (Å²) in [5, 5.41) is 3.44. The fourth-order valence-electron chi connectivity index (χ4n) is 6.80. The monoisotopic (exact) mass is 831 g/mol. The number of aryl methyl sites for hydroxylation is 1. The molecule has 3 heterocycles. The van der Waals surface area contributed by atoms with Crippen molar-refractivity contribution in [1.29, 1.82) is 0 Å². The van der Waals surface area contributed by atoms with Gasteiger partial charge >= 0.3 is 21.1 Å². The minimum absolute atomic E-state index is 0. The van der Waals surface area contributed by atoms with E-state index < -0.39 is 0 Å². The van der Waals surface area contributed by atoms with Crippen LogP contribution in [-0.4, -0.2) is 14.5 Å². The first-order valence-corrected chi connectivity index (χ1v) is 17.0. The minimum atomic E-state index is -0.110. The maximum atomic E-state index is 5.44. The summed E-state index contributed by atoms with van der Waals surface area (Å²) in [5.41, 5.74) is 12.2. The van der Waals surface area contributed by atoms with E-state index in [1.165, 1.54) is 16.5 Å². The summed E-state index contributed by atoms with van der Waals surface area (Å²) in [7, 11) is 0. The Labute approximate surface area is 308 Å². The molecule has 0 aliphatic carbocycles. The molecule has 0 N–H and O–H groups in total. The van der Waals surface area contributed by atoms with Crippen LogP contribution in [0.5, 0.6) is 0 Å². The number of rotatable bonds is 4. The third kappa shape index (κ3) is 5.90. The van der Waals surface area contributed by atoms with E-state index in [4.69, 9.17) is 15.0 Å². The first-order valence-electron chi connectivity index (χ1n) is 17.0. The largest absolute Gasteiger partial charge is 2.00 e. The average molecular weight is 832 g/mol. The molecule has 0 aliphatic rings. The van der Waals surface area contributed by atoms with Gasteiger partial charge in [-0.3, -0.25) is 9.97 Å². The van der Waals surface area contributed by atoms with E-state index in [1.54, 1.807) is 0 Å². The maximum Gasteiger partial charge on any atom is 2.00 e. The summed E-state index contributed by atoms with van der Waals surface area (Å²) in [6.45, 7) is 15.6. The SMILES string of the molecule is Cc1[n-]c(-c2cc(C(C)(C)C)cc3ccc(-c4[c-]c(-c5nc6ccccc6n5-c5ccccc5)cc(C(C)(C)C)c4)nc23)c2ccccc12.[Pt+2]. The minimum Gasteiger partial charge on any atom is -0.660 e. The van der Waals surface area contributed by atoms with Gasteiger partial charge in [0.15, 0.2) is 0 Å². The Morgan fingerprint density at radius 1 is 0.640 bits per heavy atom. The molecule has 0 saturated heterocycles. The molecule has 0 atom stereocenters. The molecule has 0 bridgehead atoms. The first kappa shape index (κ1) is 33.7. The number of nitrogens with zero attached hydrogens (tertiary/aromatic N) is 4. The van der Waals surface area contributed by atoms with Crippen LogP contribution in [0, 0.1) is 13.0 Å². The summed E-state index contributed by atoms with van der Waals surface area (Å²) in [6.07, 6.45) is 0. The Hall–Kier alpha value is -4.79. The smallest absolute Gasteiger partial charge is 0.660 e.